The van der Waals surface area contributed by atoms with Crippen LogP contribution in [0.2, 0.25) is 0 Å². The first-order valence-corrected chi connectivity index (χ1v) is 7.25. The fraction of sp³-hybridized carbons (Fsp3) is 0.176. The summed E-state index contributed by atoms with van der Waals surface area (Å²) in [6.07, 6.45) is 3.23. The standard InChI is InChI=1S/C17H17N3O3/c1-13-5-2-3-7-15(13)23-12-17(21)19-16-8-9-18-20(16)11-14-6-4-10-22-14/h2-10H,11-12H2,1H3,(H,19,21). The van der Waals surface area contributed by atoms with Gasteiger partial charge in [0.05, 0.1) is 12.5 Å². The number of carbonyl (C=O) groups excluding carboxylic acids is 1. The first-order chi connectivity index (χ1) is 11.2. The van der Waals surface area contributed by atoms with Gasteiger partial charge in [-0.25, -0.2) is 4.68 Å². The van der Waals surface area contributed by atoms with Crippen molar-refractivity contribution in [2.24, 2.45) is 0 Å². The normalized spacial score (nSPS) is 10.5. The Hall–Kier alpha value is -3.02. The lowest BCUT2D eigenvalue weighted by molar-refractivity contribution is -0.118. The van der Waals surface area contributed by atoms with Crippen molar-refractivity contribution in [2.45, 2.75) is 13.5 Å². The van der Waals surface area contributed by atoms with Crippen LogP contribution >= 0.6 is 0 Å². The van der Waals surface area contributed by atoms with Gasteiger partial charge in [-0.1, -0.05) is 18.2 Å². The Kier molecular flexibility index (Phi) is 4.42. The predicted molar refractivity (Wildman–Crippen MR) is 85.3 cm³/mol. The molecule has 0 saturated heterocycles. The minimum Gasteiger partial charge on any atom is -0.483 e. The maximum absolute atomic E-state index is 12.0. The molecule has 23 heavy (non-hydrogen) atoms. The number of carbonyl (C=O) groups is 1. The number of benzene rings is 1. The third-order valence-corrected chi connectivity index (χ3v) is 3.32. The van der Waals surface area contributed by atoms with Crippen LogP contribution in [0.1, 0.15) is 11.3 Å². The van der Waals surface area contributed by atoms with Gasteiger partial charge in [0.1, 0.15) is 23.9 Å². The van der Waals surface area contributed by atoms with Gasteiger partial charge in [-0.2, -0.15) is 5.10 Å². The van der Waals surface area contributed by atoms with Gasteiger partial charge in [0.2, 0.25) is 0 Å². The zero-order valence-electron chi connectivity index (χ0n) is 12.7. The zero-order chi connectivity index (χ0) is 16.1. The van der Waals surface area contributed by atoms with Crippen LogP contribution in [-0.4, -0.2) is 22.3 Å². The van der Waals surface area contributed by atoms with Crippen molar-refractivity contribution < 1.29 is 13.9 Å². The van der Waals surface area contributed by atoms with Gasteiger partial charge in [0.25, 0.3) is 5.91 Å². The molecule has 0 aliphatic heterocycles. The van der Waals surface area contributed by atoms with Gasteiger partial charge in [-0.15, -0.1) is 0 Å². The Balaban J connectivity index is 1.58. The highest BCUT2D eigenvalue weighted by Gasteiger charge is 2.10. The molecular formula is C17H17N3O3. The Labute approximate surface area is 133 Å². The first-order valence-electron chi connectivity index (χ1n) is 7.25. The topological polar surface area (TPSA) is 69.3 Å². The van der Waals surface area contributed by atoms with Gasteiger partial charge < -0.3 is 14.5 Å². The van der Waals surface area contributed by atoms with Gasteiger partial charge in [0, 0.05) is 6.07 Å². The summed E-state index contributed by atoms with van der Waals surface area (Å²) in [5, 5.41) is 6.97. The molecule has 118 valence electrons. The number of furan rings is 1. The summed E-state index contributed by atoms with van der Waals surface area (Å²) in [6.45, 7) is 2.33. The number of aryl methyl sites for hydroxylation is 1. The molecule has 0 aliphatic rings. The summed E-state index contributed by atoms with van der Waals surface area (Å²) in [4.78, 5) is 12.0. The Morgan fingerprint density at radius 2 is 2.13 bits per heavy atom. The van der Waals surface area contributed by atoms with Crippen LogP contribution in [0.5, 0.6) is 5.75 Å². The monoisotopic (exact) mass is 311 g/mol. The molecule has 1 amide bonds. The number of rotatable bonds is 6. The fourth-order valence-corrected chi connectivity index (χ4v) is 2.16. The van der Waals surface area contributed by atoms with Crippen molar-refractivity contribution in [3.05, 3.63) is 66.2 Å². The van der Waals surface area contributed by atoms with E-state index in [-0.39, 0.29) is 12.5 Å². The molecule has 0 atom stereocenters. The zero-order valence-corrected chi connectivity index (χ0v) is 12.7. The smallest absolute Gasteiger partial charge is 0.263 e. The van der Waals surface area contributed by atoms with E-state index in [9.17, 15) is 4.79 Å². The lowest BCUT2D eigenvalue weighted by atomic mass is 10.2. The molecule has 6 nitrogen and oxygen atoms in total. The van der Waals surface area contributed by atoms with E-state index < -0.39 is 0 Å². The molecule has 0 fully saturated rings. The number of hydrogen-bond acceptors (Lipinski definition) is 4. The molecular weight excluding hydrogens is 294 g/mol. The molecule has 1 aromatic carbocycles. The molecule has 0 unspecified atom stereocenters. The van der Waals surface area contributed by atoms with Crippen LogP contribution in [0.3, 0.4) is 0 Å². The van der Waals surface area contributed by atoms with Crippen LogP contribution in [0.15, 0.2) is 59.3 Å². The highest BCUT2D eigenvalue weighted by Crippen LogP contribution is 2.16. The highest BCUT2D eigenvalue weighted by molar-refractivity contribution is 5.91. The number of nitrogens with one attached hydrogen (secondary N) is 1. The summed E-state index contributed by atoms with van der Waals surface area (Å²) in [5.74, 6) is 1.82. The summed E-state index contributed by atoms with van der Waals surface area (Å²) in [5.41, 5.74) is 0.989. The van der Waals surface area contributed by atoms with Gasteiger partial charge in [0.15, 0.2) is 6.61 Å². The molecule has 0 aliphatic carbocycles. The van der Waals surface area contributed by atoms with Gasteiger partial charge in [-0.05, 0) is 30.7 Å². The number of para-hydroxylation sites is 1. The van der Waals surface area contributed by atoms with E-state index in [1.54, 1.807) is 23.2 Å². The third-order valence-electron chi connectivity index (χ3n) is 3.32. The summed E-state index contributed by atoms with van der Waals surface area (Å²) >= 11 is 0. The van der Waals surface area contributed by atoms with E-state index in [1.165, 1.54) is 0 Å². The molecule has 6 heteroatoms. The van der Waals surface area contributed by atoms with Crippen molar-refractivity contribution in [3.8, 4) is 5.75 Å². The molecule has 0 saturated carbocycles. The van der Waals surface area contributed by atoms with Crippen LogP contribution in [0.25, 0.3) is 0 Å². The molecule has 0 bridgehead atoms. The van der Waals surface area contributed by atoms with E-state index in [0.29, 0.717) is 18.1 Å². The fourth-order valence-electron chi connectivity index (χ4n) is 2.16. The molecule has 1 N–H and O–H groups in total. The Morgan fingerprint density at radius 3 is 2.91 bits per heavy atom. The number of amides is 1. The number of hydrogen-bond donors (Lipinski definition) is 1. The summed E-state index contributed by atoms with van der Waals surface area (Å²) in [7, 11) is 0. The van der Waals surface area contributed by atoms with Crippen molar-refractivity contribution in [3.63, 3.8) is 0 Å². The summed E-state index contributed by atoms with van der Waals surface area (Å²) in [6, 6.07) is 13.0. The van der Waals surface area contributed by atoms with Crippen LogP contribution in [0, 0.1) is 6.92 Å². The van der Waals surface area contributed by atoms with E-state index in [4.69, 9.17) is 9.15 Å². The van der Waals surface area contributed by atoms with E-state index >= 15 is 0 Å². The molecule has 0 spiro atoms. The second kappa shape index (κ2) is 6.83. The number of ether oxygens (including phenoxy) is 1. The second-order valence-corrected chi connectivity index (χ2v) is 5.06. The minimum atomic E-state index is -0.241. The Bertz CT molecular complexity index is 778. The van der Waals surface area contributed by atoms with Crippen molar-refractivity contribution in [1.29, 1.82) is 0 Å². The van der Waals surface area contributed by atoms with Gasteiger partial charge >= 0.3 is 0 Å². The number of nitrogens with zero attached hydrogens (tertiary/aromatic N) is 2. The summed E-state index contributed by atoms with van der Waals surface area (Å²) < 4.78 is 12.5. The average Bonchev–Trinajstić information content (AvgIpc) is 3.20. The van der Waals surface area contributed by atoms with E-state index in [0.717, 1.165) is 11.3 Å². The van der Waals surface area contributed by atoms with E-state index in [1.807, 2.05) is 43.3 Å². The van der Waals surface area contributed by atoms with Crippen molar-refractivity contribution >= 4 is 11.7 Å². The van der Waals surface area contributed by atoms with Crippen LogP contribution < -0.4 is 10.1 Å². The lowest BCUT2D eigenvalue weighted by Gasteiger charge is -2.10. The van der Waals surface area contributed by atoms with E-state index in [2.05, 4.69) is 10.4 Å². The predicted octanol–water partition coefficient (Wildman–Crippen LogP) is 2.85. The Morgan fingerprint density at radius 1 is 1.26 bits per heavy atom. The molecule has 0 radical (unpaired) electrons. The molecule has 3 rings (SSSR count). The van der Waals surface area contributed by atoms with Crippen LogP contribution in [0.4, 0.5) is 5.82 Å². The largest absolute Gasteiger partial charge is 0.483 e. The minimum absolute atomic E-state index is 0.0587. The number of aromatic nitrogens is 2. The maximum atomic E-state index is 12.0. The SMILES string of the molecule is Cc1ccccc1OCC(=O)Nc1ccnn1Cc1ccco1. The number of anilines is 1. The van der Waals surface area contributed by atoms with Crippen LogP contribution in [-0.2, 0) is 11.3 Å². The first kappa shape index (κ1) is 14.9. The second-order valence-electron chi connectivity index (χ2n) is 5.06. The highest BCUT2D eigenvalue weighted by atomic mass is 16.5. The maximum Gasteiger partial charge on any atom is 0.263 e. The third kappa shape index (κ3) is 3.79. The lowest BCUT2D eigenvalue weighted by Crippen LogP contribution is -2.22. The van der Waals surface area contributed by atoms with Gasteiger partial charge in [-0.3, -0.25) is 4.79 Å². The quantitative estimate of drug-likeness (QED) is 0.760. The van der Waals surface area contributed by atoms with Crippen molar-refractivity contribution in [2.75, 3.05) is 11.9 Å². The molecule has 2 aromatic heterocycles. The molecule has 3 aromatic rings. The average molecular weight is 311 g/mol. The molecule has 2 heterocycles. The van der Waals surface area contributed by atoms with Crippen molar-refractivity contribution in [1.82, 2.24) is 9.78 Å².